The molecule has 0 atom stereocenters. The Morgan fingerprint density at radius 3 is 2.78 bits per heavy atom. The number of methoxy groups -OCH3 is 2. The Balaban J connectivity index is 3.08. The molecule has 0 saturated heterocycles. The molecular formula is C12H19N3O3. The van der Waals surface area contributed by atoms with Crippen LogP contribution >= 0.6 is 0 Å². The minimum atomic E-state index is -0.421. The minimum Gasteiger partial charge on any atom is -0.465 e. The lowest BCUT2D eigenvalue weighted by atomic mass is 10.2. The molecule has 0 aromatic carbocycles. The second kappa shape index (κ2) is 6.80. The van der Waals surface area contributed by atoms with Crippen molar-refractivity contribution in [2.75, 3.05) is 44.5 Å². The van der Waals surface area contributed by atoms with E-state index in [2.05, 4.69) is 4.98 Å². The molecule has 1 aromatic heterocycles. The molecule has 0 aliphatic carbocycles. The van der Waals surface area contributed by atoms with Crippen molar-refractivity contribution >= 4 is 17.5 Å². The molecule has 0 aliphatic heterocycles. The Bertz CT molecular complexity index is 410. The fraction of sp³-hybridized carbons (Fsp3) is 0.500. The van der Waals surface area contributed by atoms with Crippen molar-refractivity contribution in [2.24, 2.45) is 0 Å². The summed E-state index contributed by atoms with van der Waals surface area (Å²) >= 11 is 0. The SMILES string of the molecule is CCN(CCOC)c1cnc(N)cc1C(=O)OC. The Hall–Kier alpha value is -1.82. The number of pyridine rings is 1. The summed E-state index contributed by atoms with van der Waals surface area (Å²) in [6.45, 7) is 3.97. The second-order valence-electron chi connectivity index (χ2n) is 3.69. The van der Waals surface area contributed by atoms with Crippen molar-refractivity contribution in [3.05, 3.63) is 17.8 Å². The van der Waals surface area contributed by atoms with Crippen molar-refractivity contribution < 1.29 is 14.3 Å². The van der Waals surface area contributed by atoms with Crippen LogP contribution in [-0.4, -0.2) is 44.9 Å². The number of likely N-dealkylation sites (N-methyl/N-ethyl adjacent to an activating group) is 1. The highest BCUT2D eigenvalue weighted by Crippen LogP contribution is 2.22. The van der Waals surface area contributed by atoms with Gasteiger partial charge in [-0.2, -0.15) is 0 Å². The average Bonchev–Trinajstić information content (AvgIpc) is 2.39. The lowest BCUT2D eigenvalue weighted by Gasteiger charge is -2.24. The number of ether oxygens (including phenoxy) is 2. The number of rotatable bonds is 6. The number of carbonyl (C=O) groups is 1. The van der Waals surface area contributed by atoms with Crippen molar-refractivity contribution in [1.29, 1.82) is 0 Å². The number of anilines is 2. The summed E-state index contributed by atoms with van der Waals surface area (Å²) in [6, 6.07) is 1.52. The molecule has 0 fully saturated rings. The molecule has 0 amide bonds. The quantitative estimate of drug-likeness (QED) is 0.760. The molecule has 6 nitrogen and oxygen atoms in total. The van der Waals surface area contributed by atoms with Crippen LogP contribution in [0.2, 0.25) is 0 Å². The molecule has 0 saturated carbocycles. The molecule has 100 valence electrons. The first-order valence-corrected chi connectivity index (χ1v) is 5.71. The maximum atomic E-state index is 11.7. The second-order valence-corrected chi connectivity index (χ2v) is 3.69. The predicted octanol–water partition coefficient (Wildman–Crippen LogP) is 0.923. The van der Waals surface area contributed by atoms with Gasteiger partial charge in [0.05, 0.1) is 31.2 Å². The summed E-state index contributed by atoms with van der Waals surface area (Å²) in [5, 5.41) is 0. The zero-order valence-electron chi connectivity index (χ0n) is 11.0. The van der Waals surface area contributed by atoms with Crippen LogP contribution in [-0.2, 0) is 9.47 Å². The number of nitrogens with zero attached hydrogens (tertiary/aromatic N) is 2. The molecule has 1 aromatic rings. The van der Waals surface area contributed by atoms with Gasteiger partial charge < -0.3 is 20.1 Å². The summed E-state index contributed by atoms with van der Waals surface area (Å²) in [6.07, 6.45) is 1.58. The lowest BCUT2D eigenvalue weighted by molar-refractivity contribution is 0.0601. The number of carbonyl (C=O) groups excluding carboxylic acids is 1. The third-order valence-electron chi connectivity index (χ3n) is 2.60. The van der Waals surface area contributed by atoms with Crippen molar-refractivity contribution in [3.63, 3.8) is 0 Å². The highest BCUT2D eigenvalue weighted by atomic mass is 16.5. The first-order valence-electron chi connectivity index (χ1n) is 5.71. The molecule has 6 heteroatoms. The molecule has 18 heavy (non-hydrogen) atoms. The molecule has 1 rings (SSSR count). The van der Waals surface area contributed by atoms with Gasteiger partial charge in [0, 0.05) is 20.2 Å². The number of hydrogen-bond donors (Lipinski definition) is 1. The van der Waals surface area contributed by atoms with E-state index in [1.165, 1.54) is 13.2 Å². The fourth-order valence-electron chi connectivity index (χ4n) is 1.64. The molecular weight excluding hydrogens is 234 g/mol. The van der Waals surface area contributed by atoms with Crippen LogP contribution in [0.3, 0.4) is 0 Å². The van der Waals surface area contributed by atoms with E-state index >= 15 is 0 Å². The highest BCUT2D eigenvalue weighted by molar-refractivity contribution is 5.96. The van der Waals surface area contributed by atoms with Crippen molar-refractivity contribution in [3.8, 4) is 0 Å². The van der Waals surface area contributed by atoms with E-state index in [9.17, 15) is 4.79 Å². The van der Waals surface area contributed by atoms with E-state index in [4.69, 9.17) is 15.2 Å². The summed E-state index contributed by atoms with van der Waals surface area (Å²) in [5.41, 5.74) is 6.72. The van der Waals surface area contributed by atoms with Crippen LogP contribution in [0, 0.1) is 0 Å². The Morgan fingerprint density at radius 2 is 2.22 bits per heavy atom. The standard InChI is InChI=1S/C12H19N3O3/c1-4-15(5-6-17-2)10-8-14-11(13)7-9(10)12(16)18-3/h7-8H,4-6H2,1-3H3,(H2,13,14). The number of hydrogen-bond acceptors (Lipinski definition) is 6. The van der Waals surface area contributed by atoms with E-state index in [1.807, 2.05) is 11.8 Å². The normalized spacial score (nSPS) is 10.2. The molecule has 0 aliphatic rings. The number of esters is 1. The van der Waals surface area contributed by atoms with E-state index in [1.54, 1.807) is 13.3 Å². The van der Waals surface area contributed by atoms with E-state index in [0.717, 1.165) is 6.54 Å². The van der Waals surface area contributed by atoms with Gasteiger partial charge in [0.2, 0.25) is 0 Å². The van der Waals surface area contributed by atoms with Crippen molar-refractivity contribution in [1.82, 2.24) is 4.98 Å². The smallest absolute Gasteiger partial charge is 0.340 e. The fourth-order valence-corrected chi connectivity index (χ4v) is 1.64. The molecule has 0 unspecified atom stereocenters. The molecule has 0 bridgehead atoms. The monoisotopic (exact) mass is 253 g/mol. The van der Waals surface area contributed by atoms with Crippen LogP contribution in [0.1, 0.15) is 17.3 Å². The van der Waals surface area contributed by atoms with E-state index in [-0.39, 0.29) is 0 Å². The van der Waals surface area contributed by atoms with E-state index in [0.29, 0.717) is 30.2 Å². The van der Waals surface area contributed by atoms with Gasteiger partial charge in [0.1, 0.15) is 5.82 Å². The van der Waals surface area contributed by atoms with Gasteiger partial charge in [-0.05, 0) is 13.0 Å². The largest absolute Gasteiger partial charge is 0.465 e. The van der Waals surface area contributed by atoms with Gasteiger partial charge in [-0.15, -0.1) is 0 Å². The highest BCUT2D eigenvalue weighted by Gasteiger charge is 2.17. The number of nitrogen functional groups attached to an aromatic ring is 1. The summed E-state index contributed by atoms with van der Waals surface area (Å²) in [5.74, 6) is -0.128. The maximum absolute atomic E-state index is 11.7. The van der Waals surface area contributed by atoms with Crippen LogP contribution < -0.4 is 10.6 Å². The van der Waals surface area contributed by atoms with Gasteiger partial charge >= 0.3 is 5.97 Å². The van der Waals surface area contributed by atoms with E-state index < -0.39 is 5.97 Å². The zero-order chi connectivity index (χ0) is 13.5. The van der Waals surface area contributed by atoms with Gasteiger partial charge in [0.15, 0.2) is 0 Å². The number of aromatic nitrogens is 1. The van der Waals surface area contributed by atoms with Gasteiger partial charge in [-0.1, -0.05) is 0 Å². The Morgan fingerprint density at radius 1 is 1.50 bits per heavy atom. The zero-order valence-corrected chi connectivity index (χ0v) is 11.0. The maximum Gasteiger partial charge on any atom is 0.340 e. The summed E-state index contributed by atoms with van der Waals surface area (Å²) in [7, 11) is 2.98. The minimum absolute atomic E-state index is 0.293. The summed E-state index contributed by atoms with van der Waals surface area (Å²) < 4.78 is 9.79. The van der Waals surface area contributed by atoms with Crippen LogP contribution in [0.4, 0.5) is 11.5 Å². The third kappa shape index (κ3) is 3.33. The lowest BCUT2D eigenvalue weighted by Crippen LogP contribution is -2.29. The van der Waals surface area contributed by atoms with Crippen LogP contribution in [0.5, 0.6) is 0 Å². The van der Waals surface area contributed by atoms with Crippen LogP contribution in [0.25, 0.3) is 0 Å². The third-order valence-corrected chi connectivity index (χ3v) is 2.60. The Labute approximate surface area is 107 Å². The molecule has 2 N–H and O–H groups in total. The number of nitrogens with two attached hydrogens (primary N) is 1. The first kappa shape index (κ1) is 14.2. The average molecular weight is 253 g/mol. The van der Waals surface area contributed by atoms with Crippen LogP contribution in [0.15, 0.2) is 12.3 Å². The Kier molecular flexibility index (Phi) is 5.38. The van der Waals surface area contributed by atoms with Gasteiger partial charge in [0.25, 0.3) is 0 Å². The van der Waals surface area contributed by atoms with Crippen molar-refractivity contribution in [2.45, 2.75) is 6.92 Å². The molecule has 0 spiro atoms. The predicted molar refractivity (Wildman–Crippen MR) is 69.8 cm³/mol. The first-order chi connectivity index (χ1) is 8.63. The van der Waals surface area contributed by atoms with Gasteiger partial charge in [-0.25, -0.2) is 9.78 Å². The summed E-state index contributed by atoms with van der Waals surface area (Å²) in [4.78, 5) is 17.7. The topological polar surface area (TPSA) is 77.7 Å². The molecule has 1 heterocycles. The van der Waals surface area contributed by atoms with Gasteiger partial charge in [-0.3, -0.25) is 0 Å². The molecule has 0 radical (unpaired) electrons.